The molecule has 0 amide bonds. The summed E-state index contributed by atoms with van der Waals surface area (Å²) in [5.74, 6) is -1.52. The van der Waals surface area contributed by atoms with E-state index in [2.05, 4.69) is 15.3 Å². The van der Waals surface area contributed by atoms with Gasteiger partial charge in [-0.3, -0.25) is 0 Å². The summed E-state index contributed by atoms with van der Waals surface area (Å²) < 4.78 is 38.9. The van der Waals surface area contributed by atoms with Crippen LogP contribution in [0, 0.1) is 0 Å². The van der Waals surface area contributed by atoms with Gasteiger partial charge in [0.1, 0.15) is 6.10 Å². The SMILES string of the molecule is O[C@H]1CC[C@H](c2cnc(OC3CCOCC3)c3cnc(N[C@H]4CCC(F)(F)C4)nc32)CC1. The Labute approximate surface area is 185 Å². The van der Waals surface area contributed by atoms with Crippen molar-refractivity contribution < 1.29 is 23.4 Å². The van der Waals surface area contributed by atoms with Crippen molar-refractivity contribution in [2.45, 2.75) is 87.9 Å². The molecule has 0 spiro atoms. The van der Waals surface area contributed by atoms with Crippen LogP contribution in [0.2, 0.25) is 0 Å². The standard InChI is InChI=1S/C23H30F2N4O3/c24-23(25)8-5-15(11-23)28-22-27-13-19-20(29-22)18(14-1-3-16(30)4-2-14)12-26-21(19)32-17-6-9-31-10-7-17/h12-17,30H,1-11H2,(H,27,28,29)/t14-,15-,16-/m0/s1. The van der Waals surface area contributed by atoms with Gasteiger partial charge in [-0.25, -0.2) is 23.7 Å². The first-order valence-electron chi connectivity index (χ1n) is 11.7. The lowest BCUT2D eigenvalue weighted by atomic mass is 9.83. The fourth-order valence-corrected chi connectivity index (χ4v) is 5.07. The van der Waals surface area contributed by atoms with Gasteiger partial charge >= 0.3 is 0 Å². The highest BCUT2D eigenvalue weighted by atomic mass is 19.3. The Morgan fingerprint density at radius 2 is 1.81 bits per heavy atom. The number of rotatable bonds is 5. The Bertz CT molecular complexity index is 946. The summed E-state index contributed by atoms with van der Waals surface area (Å²) in [6, 6.07) is -0.337. The van der Waals surface area contributed by atoms with Crippen molar-refractivity contribution in [3.05, 3.63) is 18.0 Å². The number of aromatic nitrogens is 3. The topological polar surface area (TPSA) is 89.4 Å². The predicted octanol–water partition coefficient (Wildman–Crippen LogP) is 4.20. The fourth-order valence-electron chi connectivity index (χ4n) is 5.07. The van der Waals surface area contributed by atoms with E-state index in [1.807, 2.05) is 6.20 Å². The number of pyridine rings is 1. The summed E-state index contributed by atoms with van der Waals surface area (Å²) in [6.07, 6.45) is 8.24. The van der Waals surface area contributed by atoms with Crippen LogP contribution in [0.15, 0.2) is 12.4 Å². The number of halogens is 2. The first-order valence-corrected chi connectivity index (χ1v) is 11.7. The molecule has 2 aliphatic carbocycles. The van der Waals surface area contributed by atoms with Crippen molar-refractivity contribution in [3.63, 3.8) is 0 Å². The lowest BCUT2D eigenvalue weighted by Gasteiger charge is -2.27. The number of alkyl halides is 2. The van der Waals surface area contributed by atoms with Crippen LogP contribution in [-0.4, -0.2) is 57.4 Å². The van der Waals surface area contributed by atoms with Crippen molar-refractivity contribution in [2.24, 2.45) is 0 Å². The van der Waals surface area contributed by atoms with E-state index in [1.165, 1.54) is 0 Å². The van der Waals surface area contributed by atoms with E-state index in [1.54, 1.807) is 6.20 Å². The third kappa shape index (κ3) is 4.78. The maximum Gasteiger partial charge on any atom is 0.250 e. The molecule has 7 nitrogen and oxygen atoms in total. The minimum absolute atomic E-state index is 0.0358. The van der Waals surface area contributed by atoms with Crippen LogP contribution in [0.1, 0.15) is 69.3 Å². The van der Waals surface area contributed by atoms with Crippen LogP contribution in [0.5, 0.6) is 5.88 Å². The van der Waals surface area contributed by atoms with Crippen molar-refractivity contribution in [2.75, 3.05) is 18.5 Å². The zero-order valence-electron chi connectivity index (χ0n) is 18.1. The van der Waals surface area contributed by atoms with Gasteiger partial charge in [-0.05, 0) is 38.0 Å². The van der Waals surface area contributed by atoms with Crippen LogP contribution >= 0.6 is 0 Å². The monoisotopic (exact) mass is 448 g/mol. The molecule has 2 aromatic rings. The number of anilines is 1. The van der Waals surface area contributed by atoms with Gasteiger partial charge in [-0.1, -0.05) is 0 Å². The number of aliphatic hydroxyl groups is 1. The van der Waals surface area contributed by atoms with Crippen LogP contribution in [-0.2, 0) is 4.74 Å². The average Bonchev–Trinajstić information content (AvgIpc) is 3.13. The molecule has 3 fully saturated rings. The fraction of sp³-hybridized carbons (Fsp3) is 0.696. The Balaban J connectivity index is 1.46. The molecule has 1 saturated heterocycles. The highest BCUT2D eigenvalue weighted by molar-refractivity contribution is 5.86. The molecule has 2 saturated carbocycles. The molecule has 32 heavy (non-hydrogen) atoms. The first-order chi connectivity index (χ1) is 15.5. The summed E-state index contributed by atoms with van der Waals surface area (Å²) in [5, 5.41) is 13.8. The molecule has 174 valence electrons. The molecule has 0 aromatic carbocycles. The molecule has 0 radical (unpaired) electrons. The van der Waals surface area contributed by atoms with E-state index in [-0.39, 0.29) is 37.0 Å². The second-order valence-electron chi connectivity index (χ2n) is 9.35. The minimum Gasteiger partial charge on any atom is -0.474 e. The minimum atomic E-state index is -2.63. The molecular formula is C23H30F2N4O3. The second-order valence-corrected chi connectivity index (χ2v) is 9.35. The van der Waals surface area contributed by atoms with Gasteiger partial charge in [0.25, 0.3) is 0 Å². The molecule has 1 aliphatic heterocycles. The zero-order chi connectivity index (χ0) is 22.1. The average molecular weight is 449 g/mol. The Morgan fingerprint density at radius 3 is 2.53 bits per heavy atom. The number of fused-ring (bicyclic) bond motifs is 1. The van der Waals surface area contributed by atoms with Gasteiger partial charge in [0.2, 0.25) is 17.8 Å². The summed E-state index contributed by atoms with van der Waals surface area (Å²) >= 11 is 0. The number of hydrogen-bond donors (Lipinski definition) is 2. The molecule has 9 heteroatoms. The van der Waals surface area contributed by atoms with Crippen molar-refractivity contribution in [1.29, 1.82) is 0 Å². The summed E-state index contributed by atoms with van der Waals surface area (Å²) in [7, 11) is 0. The molecule has 3 aliphatic rings. The number of aliphatic hydroxyl groups excluding tert-OH is 1. The predicted molar refractivity (Wildman–Crippen MR) is 115 cm³/mol. The largest absolute Gasteiger partial charge is 0.474 e. The molecule has 0 bridgehead atoms. The molecule has 5 rings (SSSR count). The van der Waals surface area contributed by atoms with Gasteiger partial charge < -0.3 is 19.9 Å². The van der Waals surface area contributed by atoms with E-state index >= 15 is 0 Å². The van der Waals surface area contributed by atoms with E-state index in [0.717, 1.165) is 55.0 Å². The van der Waals surface area contributed by atoms with Crippen molar-refractivity contribution in [1.82, 2.24) is 15.0 Å². The van der Waals surface area contributed by atoms with E-state index in [4.69, 9.17) is 14.5 Å². The summed E-state index contributed by atoms with van der Waals surface area (Å²) in [6.45, 7) is 1.34. The smallest absolute Gasteiger partial charge is 0.250 e. The number of hydrogen-bond acceptors (Lipinski definition) is 7. The Kier molecular flexibility index (Phi) is 6.11. The highest BCUT2D eigenvalue weighted by Crippen LogP contribution is 2.39. The van der Waals surface area contributed by atoms with Crippen LogP contribution in [0.3, 0.4) is 0 Å². The third-order valence-corrected chi connectivity index (χ3v) is 6.93. The summed E-state index contributed by atoms with van der Waals surface area (Å²) in [4.78, 5) is 13.8. The van der Waals surface area contributed by atoms with Crippen LogP contribution < -0.4 is 10.1 Å². The van der Waals surface area contributed by atoms with Crippen molar-refractivity contribution in [3.8, 4) is 5.88 Å². The Morgan fingerprint density at radius 1 is 1.03 bits per heavy atom. The molecular weight excluding hydrogens is 418 g/mol. The summed E-state index contributed by atoms with van der Waals surface area (Å²) in [5.41, 5.74) is 1.76. The third-order valence-electron chi connectivity index (χ3n) is 6.93. The lowest BCUT2D eigenvalue weighted by Crippen LogP contribution is -2.26. The van der Waals surface area contributed by atoms with Crippen molar-refractivity contribution >= 4 is 16.9 Å². The van der Waals surface area contributed by atoms with Crippen LogP contribution in [0.25, 0.3) is 10.9 Å². The van der Waals surface area contributed by atoms with Gasteiger partial charge in [-0.15, -0.1) is 0 Å². The highest BCUT2D eigenvalue weighted by Gasteiger charge is 2.39. The zero-order valence-corrected chi connectivity index (χ0v) is 18.1. The second kappa shape index (κ2) is 9.02. The number of nitrogens with zero attached hydrogens (tertiary/aromatic N) is 3. The molecule has 0 unspecified atom stereocenters. The van der Waals surface area contributed by atoms with Gasteiger partial charge in [0.15, 0.2) is 0 Å². The molecule has 3 heterocycles. The number of nitrogens with one attached hydrogen (secondary N) is 1. The normalized spacial score (nSPS) is 28.7. The quantitative estimate of drug-likeness (QED) is 0.709. The molecule has 1 atom stereocenters. The van der Waals surface area contributed by atoms with Gasteiger partial charge in [-0.2, -0.15) is 0 Å². The first kappa shape index (κ1) is 21.7. The van der Waals surface area contributed by atoms with Gasteiger partial charge in [0, 0.05) is 49.7 Å². The van der Waals surface area contributed by atoms with Crippen LogP contribution in [0.4, 0.5) is 14.7 Å². The molecule has 2 aromatic heterocycles. The maximum atomic E-state index is 13.6. The van der Waals surface area contributed by atoms with Gasteiger partial charge in [0.05, 0.1) is 30.2 Å². The maximum absolute atomic E-state index is 13.6. The van der Waals surface area contributed by atoms with E-state index in [0.29, 0.717) is 31.5 Å². The lowest BCUT2D eigenvalue weighted by molar-refractivity contribution is 0.00850. The molecule has 2 N–H and O–H groups in total. The van der Waals surface area contributed by atoms with E-state index < -0.39 is 5.92 Å². The Hall–Kier alpha value is -2.13. The van der Waals surface area contributed by atoms with E-state index in [9.17, 15) is 13.9 Å². The number of ether oxygens (including phenoxy) is 2.